The highest BCUT2D eigenvalue weighted by Gasteiger charge is 2.35. The van der Waals surface area contributed by atoms with Crippen LogP contribution in [0.1, 0.15) is 50.2 Å². The van der Waals surface area contributed by atoms with E-state index in [0.717, 1.165) is 35.8 Å². The predicted octanol–water partition coefficient (Wildman–Crippen LogP) is 2.78. The van der Waals surface area contributed by atoms with Crippen molar-refractivity contribution in [2.24, 2.45) is 0 Å². The minimum absolute atomic E-state index is 0.0833. The van der Waals surface area contributed by atoms with Gasteiger partial charge in [-0.25, -0.2) is 0 Å². The molecule has 1 aliphatic carbocycles. The molecular weight excluding hydrogens is 292 g/mol. The molecule has 2 aromatic heterocycles. The summed E-state index contributed by atoms with van der Waals surface area (Å²) >= 11 is 0.741. The van der Waals surface area contributed by atoms with Crippen molar-refractivity contribution in [1.82, 2.24) is 4.98 Å². The molecule has 0 amide bonds. The van der Waals surface area contributed by atoms with Crippen LogP contribution < -0.4 is 0 Å². The van der Waals surface area contributed by atoms with Gasteiger partial charge in [-0.2, -0.15) is 0 Å². The maximum Gasteiger partial charge on any atom is 0.325 e. The van der Waals surface area contributed by atoms with Gasteiger partial charge >= 0.3 is 5.00 Å². The number of aromatic nitrogens is 1. The molecule has 1 aliphatic rings. The van der Waals surface area contributed by atoms with Gasteiger partial charge in [-0.3, -0.25) is 24.7 Å². The Hall–Kier alpha value is -2.41. The van der Waals surface area contributed by atoms with Crippen molar-refractivity contribution in [1.29, 1.82) is 0 Å². The zero-order chi connectivity index (χ0) is 15.1. The smallest absolute Gasteiger partial charge is 0.288 e. The number of pyridine rings is 1. The van der Waals surface area contributed by atoms with Crippen LogP contribution in [0, 0.1) is 10.1 Å². The SMILES string of the molecule is CCCc1cnc2c(c1)C(=O)c1sc([N+](=O)[O-])cc1C2=O. The van der Waals surface area contributed by atoms with E-state index in [-0.39, 0.29) is 32.5 Å². The number of nitrogens with zero attached hydrogens (tertiary/aromatic N) is 2. The molecule has 21 heavy (non-hydrogen) atoms. The van der Waals surface area contributed by atoms with Crippen molar-refractivity contribution in [3.63, 3.8) is 0 Å². The molecule has 2 heterocycles. The molecule has 0 saturated heterocycles. The largest absolute Gasteiger partial charge is 0.325 e. The van der Waals surface area contributed by atoms with Gasteiger partial charge in [-0.05, 0) is 18.1 Å². The van der Waals surface area contributed by atoms with E-state index >= 15 is 0 Å². The van der Waals surface area contributed by atoms with Gasteiger partial charge in [0.15, 0.2) is 0 Å². The fraction of sp³-hybridized carbons (Fsp3) is 0.214. The molecule has 106 valence electrons. The second-order valence-corrected chi connectivity index (χ2v) is 5.76. The first-order valence-electron chi connectivity index (χ1n) is 6.39. The third-order valence-corrected chi connectivity index (χ3v) is 4.38. The lowest BCUT2D eigenvalue weighted by molar-refractivity contribution is -0.380. The van der Waals surface area contributed by atoms with Gasteiger partial charge in [0.25, 0.3) is 0 Å². The summed E-state index contributed by atoms with van der Waals surface area (Å²) in [5.74, 6) is -0.782. The zero-order valence-electron chi connectivity index (χ0n) is 11.1. The number of carbonyl (C=O) groups excluding carboxylic acids is 2. The number of aryl methyl sites for hydroxylation is 1. The Balaban J connectivity index is 2.15. The van der Waals surface area contributed by atoms with Crippen LogP contribution in [-0.4, -0.2) is 21.5 Å². The number of hydrogen-bond donors (Lipinski definition) is 0. The summed E-state index contributed by atoms with van der Waals surface area (Å²) in [7, 11) is 0. The van der Waals surface area contributed by atoms with Gasteiger partial charge in [0.05, 0.1) is 20.9 Å². The van der Waals surface area contributed by atoms with Crippen molar-refractivity contribution >= 4 is 27.9 Å². The maximum absolute atomic E-state index is 12.4. The molecule has 0 atom stereocenters. The fourth-order valence-electron chi connectivity index (χ4n) is 2.34. The summed E-state index contributed by atoms with van der Waals surface area (Å²) in [4.78, 5) is 39.2. The third kappa shape index (κ3) is 2.06. The van der Waals surface area contributed by atoms with Crippen LogP contribution in [0.4, 0.5) is 5.00 Å². The first-order valence-corrected chi connectivity index (χ1v) is 7.21. The van der Waals surface area contributed by atoms with Gasteiger partial charge in [-0.1, -0.05) is 24.7 Å². The summed E-state index contributed by atoms with van der Waals surface area (Å²) in [6.07, 6.45) is 3.25. The van der Waals surface area contributed by atoms with Gasteiger partial charge < -0.3 is 0 Å². The predicted molar refractivity (Wildman–Crippen MR) is 76.1 cm³/mol. The van der Waals surface area contributed by atoms with Gasteiger partial charge in [0.2, 0.25) is 11.6 Å². The summed E-state index contributed by atoms with van der Waals surface area (Å²) in [5.41, 5.74) is 1.29. The standard InChI is InChI=1S/C14H10N2O4S/c1-2-3-7-4-8-11(15-6-7)12(17)9-5-10(16(19)20)21-14(9)13(8)18/h4-6H,2-3H2,1H3. The van der Waals surface area contributed by atoms with Gasteiger partial charge in [0.1, 0.15) is 5.69 Å². The van der Waals surface area contributed by atoms with Crippen molar-refractivity contribution in [2.75, 3.05) is 0 Å². The van der Waals surface area contributed by atoms with Crippen LogP contribution in [-0.2, 0) is 6.42 Å². The van der Waals surface area contributed by atoms with Gasteiger partial charge in [0, 0.05) is 12.3 Å². The highest BCUT2D eigenvalue weighted by Crippen LogP contribution is 2.36. The number of ketones is 2. The average molecular weight is 302 g/mol. The molecule has 0 unspecified atom stereocenters. The maximum atomic E-state index is 12.4. The summed E-state index contributed by atoms with van der Waals surface area (Å²) < 4.78 is 0. The molecule has 0 aromatic carbocycles. The average Bonchev–Trinajstić information content (AvgIpc) is 2.91. The van der Waals surface area contributed by atoms with Crippen LogP contribution in [0.15, 0.2) is 18.3 Å². The third-order valence-electron chi connectivity index (χ3n) is 3.29. The van der Waals surface area contributed by atoms with E-state index in [4.69, 9.17) is 0 Å². The molecule has 0 N–H and O–H groups in total. The quantitative estimate of drug-likeness (QED) is 0.548. The molecule has 0 saturated carbocycles. The van der Waals surface area contributed by atoms with Crippen molar-refractivity contribution < 1.29 is 14.5 Å². The Morgan fingerprint density at radius 3 is 2.67 bits per heavy atom. The summed E-state index contributed by atoms with van der Waals surface area (Å²) in [5, 5.41) is 10.6. The Morgan fingerprint density at radius 2 is 2.00 bits per heavy atom. The highest BCUT2D eigenvalue weighted by atomic mass is 32.1. The van der Waals surface area contributed by atoms with Crippen molar-refractivity contribution in [3.05, 3.63) is 55.7 Å². The first-order chi connectivity index (χ1) is 10.0. The lowest BCUT2D eigenvalue weighted by Gasteiger charge is -2.13. The van der Waals surface area contributed by atoms with Crippen LogP contribution >= 0.6 is 11.3 Å². The first kappa shape index (κ1) is 13.6. The molecule has 0 bridgehead atoms. The van der Waals surface area contributed by atoms with Crippen molar-refractivity contribution in [2.45, 2.75) is 19.8 Å². The highest BCUT2D eigenvalue weighted by molar-refractivity contribution is 7.17. The molecule has 0 aliphatic heterocycles. The van der Waals surface area contributed by atoms with E-state index in [2.05, 4.69) is 4.98 Å². The Bertz CT molecular complexity index is 794. The minimum Gasteiger partial charge on any atom is -0.288 e. The molecule has 0 radical (unpaired) electrons. The second kappa shape index (κ2) is 4.85. The summed E-state index contributed by atoms with van der Waals surface area (Å²) in [6, 6.07) is 2.82. The lowest BCUT2D eigenvalue weighted by Crippen LogP contribution is -2.20. The number of nitro groups is 1. The molecule has 2 aromatic rings. The lowest BCUT2D eigenvalue weighted by atomic mass is 9.92. The van der Waals surface area contributed by atoms with Crippen LogP contribution in [0.5, 0.6) is 0 Å². The normalized spacial score (nSPS) is 13.0. The number of rotatable bonds is 3. The Kier molecular flexibility index (Phi) is 3.13. The number of carbonyl (C=O) groups is 2. The van der Waals surface area contributed by atoms with E-state index in [1.165, 1.54) is 0 Å². The molecular formula is C14H10N2O4S. The van der Waals surface area contributed by atoms with E-state index in [1.807, 2.05) is 6.92 Å². The molecule has 3 rings (SSSR count). The van der Waals surface area contributed by atoms with E-state index in [9.17, 15) is 19.7 Å². The monoisotopic (exact) mass is 302 g/mol. The minimum atomic E-state index is -0.593. The molecule has 6 nitrogen and oxygen atoms in total. The van der Waals surface area contributed by atoms with Gasteiger partial charge in [-0.15, -0.1) is 0 Å². The molecule has 0 fully saturated rings. The molecule has 7 heteroatoms. The van der Waals surface area contributed by atoms with Crippen LogP contribution in [0.3, 0.4) is 0 Å². The fourth-order valence-corrected chi connectivity index (χ4v) is 3.27. The van der Waals surface area contributed by atoms with E-state index < -0.39 is 10.7 Å². The van der Waals surface area contributed by atoms with Crippen LogP contribution in [0.2, 0.25) is 0 Å². The zero-order valence-corrected chi connectivity index (χ0v) is 11.9. The van der Waals surface area contributed by atoms with Crippen LogP contribution in [0.25, 0.3) is 0 Å². The Labute approximate surface area is 123 Å². The van der Waals surface area contributed by atoms with E-state index in [1.54, 1.807) is 12.3 Å². The number of thiophene rings is 1. The number of hydrogen-bond acceptors (Lipinski definition) is 6. The number of fused-ring (bicyclic) bond motifs is 2. The van der Waals surface area contributed by atoms with E-state index in [0.29, 0.717) is 0 Å². The Morgan fingerprint density at radius 1 is 1.24 bits per heavy atom. The topological polar surface area (TPSA) is 90.2 Å². The molecule has 0 spiro atoms. The second-order valence-electron chi connectivity index (χ2n) is 4.73. The van der Waals surface area contributed by atoms with Crippen molar-refractivity contribution in [3.8, 4) is 0 Å². The summed E-state index contributed by atoms with van der Waals surface area (Å²) in [6.45, 7) is 2.01.